The third kappa shape index (κ3) is 3.73. The number of aryl methyl sites for hydroxylation is 4. The van der Waals surface area contributed by atoms with Crippen molar-refractivity contribution in [2.45, 2.75) is 46.6 Å². The Morgan fingerprint density at radius 3 is 2.52 bits per heavy atom. The predicted octanol–water partition coefficient (Wildman–Crippen LogP) is 3.49. The number of nitrogens with one attached hydrogen (secondary N) is 1. The number of aromatic nitrogens is 2. The zero-order valence-electron chi connectivity index (χ0n) is 13.9. The van der Waals surface area contributed by atoms with E-state index in [0.717, 1.165) is 19.4 Å². The summed E-state index contributed by atoms with van der Waals surface area (Å²) in [7, 11) is 2.04. The highest BCUT2D eigenvalue weighted by Crippen LogP contribution is 2.23. The van der Waals surface area contributed by atoms with E-state index in [1.807, 2.05) is 11.7 Å². The van der Waals surface area contributed by atoms with Gasteiger partial charge >= 0.3 is 0 Å². The molecule has 0 fully saturated rings. The smallest absolute Gasteiger partial charge is 0.0624 e. The highest BCUT2D eigenvalue weighted by molar-refractivity contribution is 5.33. The Hall–Kier alpha value is -1.61. The van der Waals surface area contributed by atoms with Gasteiger partial charge in [0.05, 0.1) is 5.69 Å². The van der Waals surface area contributed by atoms with Crippen LogP contribution in [-0.2, 0) is 19.9 Å². The van der Waals surface area contributed by atoms with Gasteiger partial charge in [0.1, 0.15) is 0 Å². The Labute approximate surface area is 128 Å². The van der Waals surface area contributed by atoms with Crippen molar-refractivity contribution < 1.29 is 0 Å². The Bertz CT molecular complexity index is 599. The monoisotopic (exact) mass is 285 g/mol. The number of rotatable bonds is 6. The number of benzene rings is 1. The fourth-order valence-corrected chi connectivity index (χ4v) is 2.90. The normalized spacial score (nSPS) is 12.6. The molecule has 1 aromatic heterocycles. The first-order valence-electron chi connectivity index (χ1n) is 7.87. The summed E-state index contributed by atoms with van der Waals surface area (Å²) in [5.41, 5.74) is 6.53. The molecule has 0 aliphatic rings. The molecule has 3 heteroatoms. The highest BCUT2D eigenvalue weighted by Gasteiger charge is 2.16. The van der Waals surface area contributed by atoms with Gasteiger partial charge in [0.15, 0.2) is 0 Å². The van der Waals surface area contributed by atoms with E-state index in [0.29, 0.717) is 6.04 Å². The van der Waals surface area contributed by atoms with Crippen molar-refractivity contribution in [1.29, 1.82) is 0 Å². The maximum Gasteiger partial charge on any atom is 0.0624 e. The van der Waals surface area contributed by atoms with Gasteiger partial charge in [-0.2, -0.15) is 5.10 Å². The molecular weight excluding hydrogens is 258 g/mol. The zero-order valence-corrected chi connectivity index (χ0v) is 13.9. The number of hydrogen-bond donors (Lipinski definition) is 1. The standard InChI is InChI=1S/C18H27N3/c1-6-15-11-16(21(5)20-15)12-18(19-7-2)17-9-8-13(3)10-14(17)4/h8-11,18-19H,6-7,12H2,1-5H3. The lowest BCUT2D eigenvalue weighted by Gasteiger charge is -2.21. The minimum absolute atomic E-state index is 0.343. The first-order chi connectivity index (χ1) is 10.0. The molecule has 0 aliphatic heterocycles. The highest BCUT2D eigenvalue weighted by atomic mass is 15.3. The lowest BCUT2D eigenvalue weighted by molar-refractivity contribution is 0.526. The van der Waals surface area contributed by atoms with Crippen LogP contribution in [0.2, 0.25) is 0 Å². The van der Waals surface area contributed by atoms with Gasteiger partial charge < -0.3 is 5.32 Å². The molecule has 0 bridgehead atoms. The van der Waals surface area contributed by atoms with Gasteiger partial charge in [0.2, 0.25) is 0 Å². The van der Waals surface area contributed by atoms with Crippen molar-refractivity contribution in [1.82, 2.24) is 15.1 Å². The molecular formula is C18H27N3. The van der Waals surface area contributed by atoms with E-state index in [1.165, 1.54) is 28.1 Å². The molecule has 114 valence electrons. The lowest BCUT2D eigenvalue weighted by atomic mass is 9.95. The molecule has 0 saturated heterocycles. The second kappa shape index (κ2) is 6.90. The van der Waals surface area contributed by atoms with E-state index in [9.17, 15) is 0 Å². The van der Waals surface area contributed by atoms with E-state index in [2.05, 4.69) is 62.4 Å². The van der Waals surface area contributed by atoms with Gasteiger partial charge in [-0.15, -0.1) is 0 Å². The number of hydrogen-bond acceptors (Lipinski definition) is 2. The molecule has 0 amide bonds. The number of likely N-dealkylation sites (N-methyl/N-ethyl adjacent to an activating group) is 1. The molecule has 1 unspecified atom stereocenters. The minimum Gasteiger partial charge on any atom is -0.310 e. The summed E-state index contributed by atoms with van der Waals surface area (Å²) in [5, 5.41) is 8.18. The quantitative estimate of drug-likeness (QED) is 0.880. The van der Waals surface area contributed by atoms with Crippen LogP contribution in [-0.4, -0.2) is 16.3 Å². The fourth-order valence-electron chi connectivity index (χ4n) is 2.90. The van der Waals surface area contributed by atoms with Crippen molar-refractivity contribution in [2.75, 3.05) is 6.54 Å². The summed E-state index contributed by atoms with van der Waals surface area (Å²) < 4.78 is 2.02. The minimum atomic E-state index is 0.343. The van der Waals surface area contributed by atoms with Crippen LogP contribution in [0.15, 0.2) is 24.3 Å². The third-order valence-electron chi connectivity index (χ3n) is 4.05. The first kappa shape index (κ1) is 15.8. The summed E-state index contributed by atoms with van der Waals surface area (Å²) in [6, 6.07) is 9.30. The van der Waals surface area contributed by atoms with Crippen molar-refractivity contribution >= 4 is 0 Å². The molecule has 2 aromatic rings. The van der Waals surface area contributed by atoms with Crippen LogP contribution in [0.4, 0.5) is 0 Å². The Morgan fingerprint density at radius 2 is 1.95 bits per heavy atom. The summed E-state index contributed by atoms with van der Waals surface area (Å²) in [6.07, 6.45) is 1.96. The van der Waals surface area contributed by atoms with Gasteiger partial charge in [-0.1, -0.05) is 37.6 Å². The van der Waals surface area contributed by atoms with Crippen molar-refractivity contribution in [3.63, 3.8) is 0 Å². The molecule has 1 aromatic carbocycles. The molecule has 0 saturated carbocycles. The average molecular weight is 285 g/mol. The molecule has 2 rings (SSSR count). The van der Waals surface area contributed by atoms with E-state index < -0.39 is 0 Å². The maximum absolute atomic E-state index is 4.56. The molecule has 1 atom stereocenters. The summed E-state index contributed by atoms with van der Waals surface area (Å²) in [5.74, 6) is 0. The summed E-state index contributed by atoms with van der Waals surface area (Å²) in [6.45, 7) is 9.63. The predicted molar refractivity (Wildman–Crippen MR) is 88.6 cm³/mol. The van der Waals surface area contributed by atoms with Gasteiger partial charge in [0.25, 0.3) is 0 Å². The molecule has 0 radical (unpaired) electrons. The third-order valence-corrected chi connectivity index (χ3v) is 4.05. The van der Waals surface area contributed by atoms with Crippen LogP contribution in [0.1, 0.15) is 48.0 Å². The van der Waals surface area contributed by atoms with Crippen LogP contribution in [0.25, 0.3) is 0 Å². The van der Waals surface area contributed by atoms with Crippen LogP contribution < -0.4 is 5.32 Å². The molecule has 1 N–H and O–H groups in total. The molecule has 21 heavy (non-hydrogen) atoms. The van der Waals surface area contributed by atoms with Crippen molar-refractivity contribution in [2.24, 2.45) is 7.05 Å². The SMILES string of the molecule is CCNC(Cc1cc(CC)nn1C)c1ccc(C)cc1C. The Balaban J connectivity index is 2.28. The average Bonchev–Trinajstić information content (AvgIpc) is 2.79. The van der Waals surface area contributed by atoms with Gasteiger partial charge in [0, 0.05) is 25.2 Å². The van der Waals surface area contributed by atoms with Gasteiger partial charge in [-0.25, -0.2) is 0 Å². The van der Waals surface area contributed by atoms with E-state index in [4.69, 9.17) is 0 Å². The van der Waals surface area contributed by atoms with E-state index in [-0.39, 0.29) is 0 Å². The van der Waals surface area contributed by atoms with Crippen molar-refractivity contribution in [3.8, 4) is 0 Å². The molecule has 0 aliphatic carbocycles. The van der Waals surface area contributed by atoms with Crippen molar-refractivity contribution in [3.05, 3.63) is 52.3 Å². The molecule has 3 nitrogen and oxygen atoms in total. The summed E-state index contributed by atoms with van der Waals surface area (Å²) in [4.78, 5) is 0. The molecule has 1 heterocycles. The second-order valence-electron chi connectivity index (χ2n) is 5.78. The Kier molecular flexibility index (Phi) is 5.18. The fraction of sp³-hybridized carbons (Fsp3) is 0.500. The van der Waals surface area contributed by atoms with E-state index >= 15 is 0 Å². The Morgan fingerprint density at radius 1 is 1.19 bits per heavy atom. The summed E-state index contributed by atoms with van der Waals surface area (Å²) >= 11 is 0. The topological polar surface area (TPSA) is 29.9 Å². The first-order valence-corrected chi connectivity index (χ1v) is 7.87. The van der Waals surface area contributed by atoms with Crippen LogP contribution >= 0.6 is 0 Å². The van der Waals surface area contributed by atoms with Gasteiger partial charge in [-0.3, -0.25) is 4.68 Å². The second-order valence-corrected chi connectivity index (χ2v) is 5.78. The van der Waals surface area contributed by atoms with Crippen LogP contribution in [0.5, 0.6) is 0 Å². The zero-order chi connectivity index (χ0) is 15.4. The van der Waals surface area contributed by atoms with Crippen LogP contribution in [0.3, 0.4) is 0 Å². The maximum atomic E-state index is 4.56. The largest absolute Gasteiger partial charge is 0.310 e. The van der Waals surface area contributed by atoms with E-state index in [1.54, 1.807) is 0 Å². The van der Waals surface area contributed by atoms with Crippen LogP contribution in [0, 0.1) is 13.8 Å². The molecule has 0 spiro atoms. The number of nitrogens with zero attached hydrogens (tertiary/aromatic N) is 2. The van der Waals surface area contributed by atoms with Gasteiger partial charge in [-0.05, 0) is 44.0 Å². The lowest BCUT2D eigenvalue weighted by Crippen LogP contribution is -2.24.